The summed E-state index contributed by atoms with van der Waals surface area (Å²) < 4.78 is 0. The monoisotopic (exact) mass is 519 g/mol. The minimum Gasteiger partial charge on any atom is -0.395 e. The van der Waals surface area contributed by atoms with Gasteiger partial charge in [-0.3, -0.25) is 14.4 Å². The minimum atomic E-state index is -1.26. The Morgan fingerprint density at radius 3 is 2.26 bits per heavy atom. The molecule has 1 aliphatic rings. The third kappa shape index (κ3) is 7.50. The van der Waals surface area contributed by atoms with Crippen molar-refractivity contribution < 1.29 is 24.6 Å². The normalized spacial score (nSPS) is 16.1. The van der Waals surface area contributed by atoms with Crippen molar-refractivity contribution in [1.82, 2.24) is 10.6 Å². The first-order valence-corrected chi connectivity index (χ1v) is 13.1. The maximum absolute atomic E-state index is 13.5. The van der Waals surface area contributed by atoms with Crippen molar-refractivity contribution in [3.05, 3.63) is 59.7 Å². The number of nitriles is 1. The SMILES string of the molecule is CC(C)CC(NC(=O)[C@H](CO)NC(=O)c1cccc(-c2ccc(C#N)cc2)c1)C(=O)C(C)(CO)CC1CC1. The zero-order valence-corrected chi connectivity index (χ0v) is 22.2. The number of carbonyl (C=O) groups excluding carboxylic acids is 3. The number of Topliss-reactive ketones (excluding diaryl/α,β-unsaturated/α-hetero) is 1. The highest BCUT2D eigenvalue weighted by Crippen LogP contribution is 2.41. The van der Waals surface area contributed by atoms with E-state index in [2.05, 4.69) is 16.7 Å². The predicted molar refractivity (Wildman–Crippen MR) is 144 cm³/mol. The van der Waals surface area contributed by atoms with Gasteiger partial charge >= 0.3 is 0 Å². The van der Waals surface area contributed by atoms with E-state index in [4.69, 9.17) is 5.26 Å². The quantitative estimate of drug-likeness (QED) is 0.320. The third-order valence-corrected chi connectivity index (χ3v) is 7.00. The molecule has 0 saturated heterocycles. The van der Waals surface area contributed by atoms with Crippen LogP contribution in [0, 0.1) is 28.6 Å². The fourth-order valence-electron chi connectivity index (χ4n) is 4.61. The summed E-state index contributed by atoms with van der Waals surface area (Å²) in [5.74, 6) is -0.923. The Morgan fingerprint density at radius 1 is 1.03 bits per heavy atom. The largest absolute Gasteiger partial charge is 0.395 e. The number of benzene rings is 2. The van der Waals surface area contributed by atoms with Crippen LogP contribution in [0.5, 0.6) is 0 Å². The van der Waals surface area contributed by atoms with Crippen LogP contribution < -0.4 is 10.6 Å². The van der Waals surface area contributed by atoms with Crippen LogP contribution in [0.4, 0.5) is 0 Å². The average molecular weight is 520 g/mol. The molecule has 0 radical (unpaired) electrons. The Labute approximate surface area is 224 Å². The summed E-state index contributed by atoms with van der Waals surface area (Å²) in [4.78, 5) is 39.6. The molecule has 8 heteroatoms. The van der Waals surface area contributed by atoms with Crippen LogP contribution >= 0.6 is 0 Å². The molecule has 2 unspecified atom stereocenters. The van der Waals surface area contributed by atoms with E-state index in [0.717, 1.165) is 24.0 Å². The summed E-state index contributed by atoms with van der Waals surface area (Å²) in [7, 11) is 0. The number of carbonyl (C=O) groups is 3. The highest BCUT2D eigenvalue weighted by Gasteiger charge is 2.42. The van der Waals surface area contributed by atoms with Gasteiger partial charge in [0.15, 0.2) is 5.78 Å². The average Bonchev–Trinajstić information content (AvgIpc) is 3.74. The molecule has 4 N–H and O–H groups in total. The van der Waals surface area contributed by atoms with Crippen molar-refractivity contribution in [2.75, 3.05) is 13.2 Å². The number of nitrogens with one attached hydrogen (secondary N) is 2. The van der Waals surface area contributed by atoms with Crippen LogP contribution in [0.1, 0.15) is 62.4 Å². The van der Waals surface area contributed by atoms with E-state index < -0.39 is 35.9 Å². The van der Waals surface area contributed by atoms with E-state index in [1.54, 1.807) is 49.4 Å². The van der Waals surface area contributed by atoms with Gasteiger partial charge in [-0.2, -0.15) is 5.26 Å². The second-order valence-electron chi connectivity index (χ2n) is 10.9. The Bertz CT molecular complexity index is 1180. The van der Waals surface area contributed by atoms with Gasteiger partial charge in [-0.05, 0) is 60.1 Å². The van der Waals surface area contributed by atoms with E-state index in [9.17, 15) is 24.6 Å². The molecule has 0 bridgehead atoms. The minimum absolute atomic E-state index is 0.0975. The number of hydrogen-bond acceptors (Lipinski definition) is 6. The van der Waals surface area contributed by atoms with Crippen molar-refractivity contribution in [2.24, 2.45) is 17.3 Å². The number of nitrogens with zero attached hydrogens (tertiary/aromatic N) is 1. The van der Waals surface area contributed by atoms with Crippen LogP contribution in [0.25, 0.3) is 11.1 Å². The first-order valence-electron chi connectivity index (χ1n) is 13.1. The van der Waals surface area contributed by atoms with Crippen LogP contribution in [-0.4, -0.2) is 53.1 Å². The van der Waals surface area contributed by atoms with E-state index >= 15 is 0 Å². The molecule has 2 amide bonds. The zero-order valence-electron chi connectivity index (χ0n) is 22.2. The molecule has 1 fully saturated rings. The van der Waals surface area contributed by atoms with Crippen molar-refractivity contribution >= 4 is 17.6 Å². The molecule has 3 atom stereocenters. The predicted octanol–water partition coefficient (Wildman–Crippen LogP) is 3.21. The van der Waals surface area contributed by atoms with Crippen LogP contribution in [0.2, 0.25) is 0 Å². The van der Waals surface area contributed by atoms with Gasteiger partial charge in [-0.15, -0.1) is 0 Å². The van der Waals surface area contributed by atoms with Crippen LogP contribution in [0.3, 0.4) is 0 Å². The molecule has 0 spiro atoms. The van der Waals surface area contributed by atoms with Gasteiger partial charge in [0.2, 0.25) is 5.91 Å². The van der Waals surface area contributed by atoms with Crippen molar-refractivity contribution in [2.45, 2.75) is 58.5 Å². The number of rotatable bonds is 13. The number of aliphatic hydroxyl groups excluding tert-OH is 2. The lowest BCUT2D eigenvalue weighted by Crippen LogP contribution is -2.55. The van der Waals surface area contributed by atoms with Crippen LogP contribution in [0.15, 0.2) is 48.5 Å². The smallest absolute Gasteiger partial charge is 0.252 e. The fourth-order valence-corrected chi connectivity index (χ4v) is 4.61. The molecule has 202 valence electrons. The van der Waals surface area contributed by atoms with Gasteiger partial charge in [0, 0.05) is 5.56 Å². The molecule has 0 aromatic heterocycles. The number of ketones is 1. The fraction of sp³-hybridized carbons (Fsp3) is 0.467. The first kappa shape index (κ1) is 29.0. The highest BCUT2D eigenvalue weighted by atomic mass is 16.3. The molecule has 1 aliphatic carbocycles. The summed E-state index contributed by atoms with van der Waals surface area (Å²) in [6.45, 7) is 4.67. The molecule has 1 saturated carbocycles. The second kappa shape index (κ2) is 12.8. The summed E-state index contributed by atoms with van der Waals surface area (Å²) in [5, 5.41) is 34.3. The van der Waals surface area contributed by atoms with E-state index in [1.807, 2.05) is 19.9 Å². The Balaban J connectivity index is 1.72. The van der Waals surface area contributed by atoms with Gasteiger partial charge in [0.05, 0.1) is 36.3 Å². The maximum Gasteiger partial charge on any atom is 0.252 e. The van der Waals surface area contributed by atoms with E-state index in [-0.39, 0.29) is 18.3 Å². The number of hydrogen-bond donors (Lipinski definition) is 4. The van der Waals surface area contributed by atoms with Crippen molar-refractivity contribution in [3.8, 4) is 17.2 Å². The zero-order chi connectivity index (χ0) is 27.9. The van der Waals surface area contributed by atoms with Crippen molar-refractivity contribution in [1.29, 1.82) is 5.26 Å². The first-order chi connectivity index (χ1) is 18.1. The van der Waals surface area contributed by atoms with Gasteiger partial charge in [-0.1, -0.05) is 57.9 Å². The Kier molecular flexibility index (Phi) is 9.78. The molecule has 38 heavy (non-hydrogen) atoms. The van der Waals surface area contributed by atoms with E-state index in [0.29, 0.717) is 29.9 Å². The lowest BCUT2D eigenvalue weighted by molar-refractivity contribution is -0.137. The molecule has 2 aromatic carbocycles. The topological polar surface area (TPSA) is 140 Å². The Hall–Kier alpha value is -3.54. The number of amides is 2. The molecule has 2 aromatic rings. The lowest BCUT2D eigenvalue weighted by atomic mass is 9.76. The van der Waals surface area contributed by atoms with Crippen LogP contribution in [-0.2, 0) is 9.59 Å². The molecule has 8 nitrogen and oxygen atoms in total. The third-order valence-electron chi connectivity index (χ3n) is 7.00. The summed E-state index contributed by atoms with van der Waals surface area (Å²) in [6.07, 6.45) is 3.02. The van der Waals surface area contributed by atoms with Gasteiger partial charge < -0.3 is 20.8 Å². The maximum atomic E-state index is 13.5. The Morgan fingerprint density at radius 2 is 1.71 bits per heavy atom. The van der Waals surface area contributed by atoms with Gasteiger partial charge in [0.1, 0.15) is 6.04 Å². The van der Waals surface area contributed by atoms with Crippen molar-refractivity contribution in [3.63, 3.8) is 0 Å². The molecule has 0 aliphatic heterocycles. The molecular formula is C30H37N3O5. The summed E-state index contributed by atoms with van der Waals surface area (Å²) >= 11 is 0. The molecular weight excluding hydrogens is 482 g/mol. The molecule has 3 rings (SSSR count). The summed E-state index contributed by atoms with van der Waals surface area (Å²) in [5.41, 5.74) is 1.44. The van der Waals surface area contributed by atoms with Gasteiger partial charge in [0.25, 0.3) is 5.91 Å². The van der Waals surface area contributed by atoms with E-state index in [1.165, 1.54) is 0 Å². The van der Waals surface area contributed by atoms with Gasteiger partial charge in [-0.25, -0.2) is 0 Å². The second-order valence-corrected chi connectivity index (χ2v) is 10.9. The standard InChI is InChI=1S/C30H37N3O5/c1-19(2)13-25(27(36)30(3,18-35)15-20-7-8-20)32-29(38)26(17-34)33-28(37)24-6-4-5-23(14-24)22-11-9-21(16-31)10-12-22/h4-6,9-12,14,19-20,25-26,34-35H,7-8,13,15,17-18H2,1-3H3,(H,32,38)(H,33,37)/t25?,26-,30?/m0/s1. The highest BCUT2D eigenvalue weighted by molar-refractivity contribution is 5.99. The number of aliphatic hydroxyl groups is 2. The summed E-state index contributed by atoms with van der Waals surface area (Å²) in [6, 6.07) is 13.7. The molecule has 0 heterocycles. The lowest BCUT2D eigenvalue weighted by Gasteiger charge is -2.32.